The molecule has 0 saturated heterocycles. The van der Waals surface area contributed by atoms with E-state index >= 15 is 0 Å². The first-order valence-electron chi connectivity index (χ1n) is 10.2. The van der Waals surface area contributed by atoms with Gasteiger partial charge in [0.1, 0.15) is 11.8 Å². The summed E-state index contributed by atoms with van der Waals surface area (Å²) in [5.74, 6) is -2.03. The number of nitro groups is 1. The highest BCUT2D eigenvalue weighted by Crippen LogP contribution is 2.29. The molecule has 2 N–H and O–H groups in total. The summed E-state index contributed by atoms with van der Waals surface area (Å²) < 4.78 is 10.4. The van der Waals surface area contributed by atoms with Crippen molar-refractivity contribution in [2.24, 2.45) is 5.92 Å². The molecule has 0 bridgehead atoms. The van der Waals surface area contributed by atoms with Crippen molar-refractivity contribution in [1.82, 2.24) is 5.32 Å². The first-order valence-corrected chi connectivity index (χ1v) is 10.2. The first kappa shape index (κ1) is 25.3. The van der Waals surface area contributed by atoms with E-state index < -0.39 is 34.9 Å². The van der Waals surface area contributed by atoms with Gasteiger partial charge < -0.3 is 20.1 Å². The van der Waals surface area contributed by atoms with Crippen LogP contribution in [0.3, 0.4) is 0 Å². The summed E-state index contributed by atoms with van der Waals surface area (Å²) in [7, 11) is 1.35. The second-order valence-corrected chi connectivity index (χ2v) is 7.77. The Kier molecular flexibility index (Phi) is 8.49. The molecule has 0 fully saturated rings. The molecule has 10 nitrogen and oxygen atoms in total. The number of nitrogens with zero attached hydrogens (tertiary/aromatic N) is 1. The molecular weight excluding hydrogens is 430 g/mol. The number of ether oxygens (including phenoxy) is 2. The summed E-state index contributed by atoms with van der Waals surface area (Å²) in [5, 5.41) is 16.1. The molecule has 2 aromatic carbocycles. The third kappa shape index (κ3) is 6.76. The smallest absolute Gasteiger partial charge is 0.329 e. The number of esters is 1. The first-order chi connectivity index (χ1) is 15.5. The lowest BCUT2D eigenvalue weighted by Crippen LogP contribution is -2.47. The van der Waals surface area contributed by atoms with Gasteiger partial charge in [-0.2, -0.15) is 0 Å². The fraction of sp³-hybridized carbons (Fsp3) is 0.348. The van der Waals surface area contributed by atoms with Crippen LogP contribution in [0.2, 0.25) is 0 Å². The van der Waals surface area contributed by atoms with Crippen LogP contribution in [0, 0.1) is 23.0 Å². The van der Waals surface area contributed by atoms with Gasteiger partial charge in [-0.3, -0.25) is 19.7 Å². The molecule has 0 heterocycles. The molecule has 2 atom stereocenters. The Balaban J connectivity index is 2.09. The summed E-state index contributed by atoms with van der Waals surface area (Å²) in [4.78, 5) is 48.3. The maximum Gasteiger partial charge on any atom is 0.329 e. The van der Waals surface area contributed by atoms with Crippen LogP contribution in [-0.4, -0.2) is 42.0 Å². The number of nitrogens with one attached hydrogen (secondary N) is 2. The highest BCUT2D eigenvalue weighted by atomic mass is 16.6. The third-order valence-electron chi connectivity index (χ3n) is 4.80. The molecule has 0 radical (unpaired) electrons. The van der Waals surface area contributed by atoms with E-state index in [1.54, 1.807) is 32.0 Å². The van der Waals surface area contributed by atoms with Crippen LogP contribution in [-0.2, 0) is 14.3 Å². The van der Waals surface area contributed by atoms with Crippen molar-refractivity contribution in [3.8, 4) is 5.75 Å². The number of carbonyl (C=O) groups is 3. The number of anilines is 1. The lowest BCUT2D eigenvalue weighted by Gasteiger charge is -2.23. The number of methoxy groups -OCH3 is 1. The van der Waals surface area contributed by atoms with Crippen LogP contribution in [0.4, 0.5) is 11.4 Å². The molecule has 176 valence electrons. The van der Waals surface area contributed by atoms with E-state index in [0.29, 0.717) is 5.56 Å². The quantitative estimate of drug-likeness (QED) is 0.335. The van der Waals surface area contributed by atoms with E-state index in [9.17, 15) is 24.5 Å². The molecule has 10 heteroatoms. The maximum atomic E-state index is 12.7. The van der Waals surface area contributed by atoms with Crippen LogP contribution in [0.5, 0.6) is 5.75 Å². The van der Waals surface area contributed by atoms with Crippen LogP contribution in [0.1, 0.15) is 36.7 Å². The SMILES string of the molecule is COc1ccc([N+](=O)[O-])cc1NC(=O)C(C)OC(=O)[C@@H](NC(=O)c1cccc(C)c1)C(C)C. The van der Waals surface area contributed by atoms with Crippen LogP contribution >= 0.6 is 0 Å². The highest BCUT2D eigenvalue weighted by molar-refractivity contribution is 5.99. The number of rotatable bonds is 9. The zero-order valence-electron chi connectivity index (χ0n) is 19.1. The summed E-state index contributed by atoms with van der Waals surface area (Å²) in [6, 6.07) is 9.66. The molecule has 0 aromatic heterocycles. The standard InChI is InChI=1S/C23H27N3O7/c1-13(2)20(25-22(28)16-8-6-7-14(3)11-16)23(29)33-15(4)21(27)24-18-12-17(26(30)31)9-10-19(18)32-5/h6-13,15,20H,1-5H3,(H,24,27)(H,25,28)/t15?,20-/m0/s1. The van der Waals surface area contributed by atoms with Gasteiger partial charge in [0.05, 0.1) is 17.7 Å². The summed E-state index contributed by atoms with van der Waals surface area (Å²) in [6.07, 6.45) is -1.24. The minimum atomic E-state index is -1.24. The van der Waals surface area contributed by atoms with Gasteiger partial charge in [0.25, 0.3) is 17.5 Å². The van der Waals surface area contributed by atoms with Gasteiger partial charge >= 0.3 is 5.97 Å². The van der Waals surface area contributed by atoms with Crippen molar-refractivity contribution < 1.29 is 28.8 Å². The monoisotopic (exact) mass is 457 g/mol. The Hall–Kier alpha value is -3.95. The number of aryl methyl sites for hydroxylation is 1. The molecule has 0 aliphatic rings. The highest BCUT2D eigenvalue weighted by Gasteiger charge is 2.29. The van der Waals surface area contributed by atoms with E-state index in [4.69, 9.17) is 9.47 Å². The Morgan fingerprint density at radius 3 is 2.33 bits per heavy atom. The van der Waals surface area contributed by atoms with E-state index in [1.165, 1.54) is 26.2 Å². The predicted molar refractivity (Wildman–Crippen MR) is 121 cm³/mol. The number of hydrogen-bond donors (Lipinski definition) is 2. The molecule has 2 rings (SSSR count). The largest absolute Gasteiger partial charge is 0.495 e. The van der Waals surface area contributed by atoms with Gasteiger partial charge in [-0.05, 0) is 38.0 Å². The van der Waals surface area contributed by atoms with Crippen molar-refractivity contribution in [2.45, 2.75) is 39.8 Å². The number of carbonyl (C=O) groups excluding carboxylic acids is 3. The van der Waals surface area contributed by atoms with Crippen molar-refractivity contribution >= 4 is 29.2 Å². The van der Waals surface area contributed by atoms with Crippen molar-refractivity contribution in [2.75, 3.05) is 12.4 Å². The minimum Gasteiger partial charge on any atom is -0.495 e. The normalized spacial score (nSPS) is 12.4. The Labute approximate surface area is 191 Å². The van der Waals surface area contributed by atoms with Gasteiger partial charge in [-0.1, -0.05) is 31.5 Å². The van der Waals surface area contributed by atoms with Crippen molar-refractivity contribution in [1.29, 1.82) is 0 Å². The fourth-order valence-electron chi connectivity index (χ4n) is 2.95. The van der Waals surface area contributed by atoms with E-state index in [2.05, 4.69) is 10.6 Å². The molecule has 1 unspecified atom stereocenters. The second kappa shape index (κ2) is 11.1. The Morgan fingerprint density at radius 1 is 1.06 bits per heavy atom. The lowest BCUT2D eigenvalue weighted by molar-refractivity contribution is -0.384. The van der Waals surface area contributed by atoms with Crippen LogP contribution in [0.15, 0.2) is 42.5 Å². The molecule has 0 spiro atoms. The average Bonchev–Trinajstić information content (AvgIpc) is 2.76. The van der Waals surface area contributed by atoms with E-state index in [-0.39, 0.29) is 23.0 Å². The molecule has 2 amide bonds. The summed E-state index contributed by atoms with van der Waals surface area (Å²) in [5.41, 5.74) is 1.12. The van der Waals surface area contributed by atoms with Gasteiger partial charge in [-0.15, -0.1) is 0 Å². The number of amides is 2. The summed E-state index contributed by atoms with van der Waals surface area (Å²) in [6.45, 7) is 6.68. The number of hydrogen-bond acceptors (Lipinski definition) is 7. The number of nitro benzene ring substituents is 1. The fourth-order valence-corrected chi connectivity index (χ4v) is 2.95. The Morgan fingerprint density at radius 2 is 1.76 bits per heavy atom. The van der Waals surface area contributed by atoms with Gasteiger partial charge in [0.2, 0.25) is 0 Å². The topological polar surface area (TPSA) is 137 Å². The molecule has 2 aromatic rings. The second-order valence-electron chi connectivity index (χ2n) is 7.77. The third-order valence-corrected chi connectivity index (χ3v) is 4.80. The minimum absolute atomic E-state index is 0.0627. The van der Waals surface area contributed by atoms with Gasteiger partial charge in [0.15, 0.2) is 6.10 Å². The summed E-state index contributed by atoms with van der Waals surface area (Å²) >= 11 is 0. The Bertz CT molecular complexity index is 1050. The van der Waals surface area contributed by atoms with Gasteiger partial charge in [0, 0.05) is 17.7 Å². The van der Waals surface area contributed by atoms with Crippen molar-refractivity contribution in [3.63, 3.8) is 0 Å². The molecule has 0 aliphatic carbocycles. The van der Waals surface area contributed by atoms with Gasteiger partial charge in [-0.25, -0.2) is 4.79 Å². The van der Waals surface area contributed by atoms with E-state index in [0.717, 1.165) is 11.6 Å². The van der Waals surface area contributed by atoms with Crippen LogP contribution in [0.25, 0.3) is 0 Å². The number of benzene rings is 2. The molecule has 0 aliphatic heterocycles. The zero-order valence-corrected chi connectivity index (χ0v) is 19.1. The molecule has 33 heavy (non-hydrogen) atoms. The molecule has 0 saturated carbocycles. The zero-order chi connectivity index (χ0) is 24.7. The molecular formula is C23H27N3O7. The average molecular weight is 457 g/mol. The van der Waals surface area contributed by atoms with Crippen LogP contribution < -0.4 is 15.4 Å². The number of non-ortho nitro benzene ring substituents is 1. The van der Waals surface area contributed by atoms with Crippen molar-refractivity contribution in [3.05, 3.63) is 63.7 Å². The maximum absolute atomic E-state index is 12.7. The van der Waals surface area contributed by atoms with E-state index in [1.807, 2.05) is 13.0 Å². The lowest BCUT2D eigenvalue weighted by atomic mass is 10.0. The predicted octanol–water partition coefficient (Wildman–Crippen LogP) is 3.24.